The normalized spacial score (nSPS) is 15.3. The fourth-order valence-electron chi connectivity index (χ4n) is 3.59. The molecule has 0 unspecified atom stereocenters. The molecule has 4 nitrogen and oxygen atoms in total. The molecule has 26 heavy (non-hydrogen) atoms. The van der Waals surface area contributed by atoms with Gasteiger partial charge in [0.05, 0.1) is 11.1 Å². The van der Waals surface area contributed by atoms with Gasteiger partial charge in [-0.05, 0) is 48.2 Å². The molecule has 5 heteroatoms. The Morgan fingerprint density at radius 3 is 2.54 bits per heavy atom. The van der Waals surface area contributed by atoms with Gasteiger partial charge in [-0.15, -0.1) is 0 Å². The fraction of sp³-hybridized carbons (Fsp3) is 0.238. The van der Waals surface area contributed by atoms with E-state index < -0.39 is 0 Å². The molecule has 0 aliphatic heterocycles. The average Bonchev–Trinajstić information content (AvgIpc) is 3.15. The van der Waals surface area contributed by atoms with Gasteiger partial charge in [-0.2, -0.15) is 5.10 Å². The zero-order valence-corrected chi connectivity index (χ0v) is 15.9. The highest BCUT2D eigenvalue weighted by Crippen LogP contribution is 2.44. The molecule has 1 aliphatic carbocycles. The van der Waals surface area contributed by atoms with Crippen LogP contribution in [0.2, 0.25) is 0 Å². The monoisotopic (exact) mass is 409 g/mol. The molecular formula is C21H20BrN3O. The second-order valence-corrected chi connectivity index (χ2v) is 7.62. The first-order chi connectivity index (χ1) is 12.7. The van der Waals surface area contributed by atoms with E-state index in [1.165, 1.54) is 0 Å². The molecule has 0 radical (unpaired) electrons. The number of hydrogen-bond donors (Lipinski definition) is 1. The number of amides is 1. The Hall–Kier alpha value is -2.40. The smallest absolute Gasteiger partial charge is 0.230 e. The van der Waals surface area contributed by atoms with Crippen molar-refractivity contribution in [1.29, 1.82) is 0 Å². The number of halogens is 1. The van der Waals surface area contributed by atoms with E-state index in [0.717, 1.165) is 40.5 Å². The number of benzene rings is 2. The van der Waals surface area contributed by atoms with Gasteiger partial charge in [0.1, 0.15) is 0 Å². The minimum absolute atomic E-state index is 0.112. The molecule has 1 saturated carbocycles. The van der Waals surface area contributed by atoms with Crippen LogP contribution in [0.15, 0.2) is 71.5 Å². The van der Waals surface area contributed by atoms with Crippen LogP contribution in [-0.4, -0.2) is 15.7 Å². The van der Waals surface area contributed by atoms with E-state index >= 15 is 0 Å². The summed E-state index contributed by atoms with van der Waals surface area (Å²) in [6.07, 6.45) is 6.57. The minimum atomic E-state index is -0.388. The SMILES string of the molecule is O=C(NCc1ccccc1-n1cccn1)C1(c2ccc(Br)cc2)CCC1. The van der Waals surface area contributed by atoms with Crippen LogP contribution < -0.4 is 5.32 Å². The van der Waals surface area contributed by atoms with Gasteiger partial charge in [0, 0.05) is 23.4 Å². The average molecular weight is 410 g/mol. The number of nitrogens with zero attached hydrogens (tertiary/aromatic N) is 2. The number of carbonyl (C=O) groups is 1. The van der Waals surface area contributed by atoms with Crippen molar-refractivity contribution in [1.82, 2.24) is 15.1 Å². The van der Waals surface area contributed by atoms with E-state index in [4.69, 9.17) is 0 Å². The van der Waals surface area contributed by atoms with Gasteiger partial charge >= 0.3 is 0 Å². The van der Waals surface area contributed by atoms with Crippen LogP contribution in [-0.2, 0) is 16.8 Å². The van der Waals surface area contributed by atoms with Crippen LogP contribution in [0.3, 0.4) is 0 Å². The number of rotatable bonds is 5. The standard InChI is InChI=1S/C21H20BrN3O/c22-18-9-7-17(8-10-18)21(11-3-12-21)20(26)23-15-16-5-1-2-6-19(16)25-14-4-13-24-25/h1-2,4-10,13-14H,3,11-12,15H2,(H,23,26). The maximum Gasteiger partial charge on any atom is 0.230 e. The van der Waals surface area contributed by atoms with Gasteiger partial charge in [-0.1, -0.05) is 52.7 Å². The first-order valence-corrected chi connectivity index (χ1v) is 9.61. The highest BCUT2D eigenvalue weighted by molar-refractivity contribution is 9.10. The minimum Gasteiger partial charge on any atom is -0.351 e. The van der Waals surface area contributed by atoms with Crippen molar-refractivity contribution in [2.45, 2.75) is 31.2 Å². The zero-order chi connectivity index (χ0) is 18.0. The summed E-state index contributed by atoms with van der Waals surface area (Å²) in [5.74, 6) is 0.112. The van der Waals surface area contributed by atoms with Crippen LogP contribution in [0.1, 0.15) is 30.4 Å². The molecule has 0 saturated heterocycles. The van der Waals surface area contributed by atoms with Crippen molar-refractivity contribution in [2.24, 2.45) is 0 Å². The molecule has 4 rings (SSSR count). The van der Waals surface area contributed by atoms with E-state index in [1.54, 1.807) is 6.20 Å². The first kappa shape index (κ1) is 17.0. The molecule has 1 aliphatic rings. The predicted octanol–water partition coefficient (Wildman–Crippen LogP) is 4.37. The summed E-state index contributed by atoms with van der Waals surface area (Å²) < 4.78 is 2.86. The van der Waals surface area contributed by atoms with Gasteiger partial charge in [-0.25, -0.2) is 4.68 Å². The molecule has 132 valence electrons. The lowest BCUT2D eigenvalue weighted by atomic mass is 9.64. The van der Waals surface area contributed by atoms with Gasteiger partial charge in [0.15, 0.2) is 0 Å². The highest BCUT2D eigenvalue weighted by Gasteiger charge is 2.45. The largest absolute Gasteiger partial charge is 0.351 e. The molecule has 0 spiro atoms. The lowest BCUT2D eigenvalue weighted by Gasteiger charge is -2.40. The van der Waals surface area contributed by atoms with Crippen molar-refractivity contribution in [3.8, 4) is 5.69 Å². The third kappa shape index (κ3) is 3.07. The summed E-state index contributed by atoms with van der Waals surface area (Å²) in [6.45, 7) is 0.493. The highest BCUT2D eigenvalue weighted by atomic mass is 79.9. The number of para-hydroxylation sites is 1. The second kappa shape index (κ2) is 7.08. The summed E-state index contributed by atoms with van der Waals surface area (Å²) in [5.41, 5.74) is 2.75. The Labute approximate surface area is 161 Å². The van der Waals surface area contributed by atoms with Crippen molar-refractivity contribution in [3.05, 3.63) is 82.6 Å². The van der Waals surface area contributed by atoms with Crippen LogP contribution in [0.4, 0.5) is 0 Å². The lowest BCUT2D eigenvalue weighted by Crippen LogP contribution is -2.49. The van der Waals surface area contributed by atoms with Crippen molar-refractivity contribution in [2.75, 3.05) is 0 Å². The van der Waals surface area contributed by atoms with Gasteiger partial charge < -0.3 is 5.32 Å². The molecule has 1 aromatic heterocycles. The third-order valence-electron chi connectivity index (χ3n) is 5.22. The molecule has 1 N–H and O–H groups in total. The Kier molecular flexibility index (Phi) is 4.64. The summed E-state index contributed by atoms with van der Waals surface area (Å²) in [6, 6.07) is 18.0. The Morgan fingerprint density at radius 1 is 1.12 bits per heavy atom. The van der Waals surface area contributed by atoms with Crippen LogP contribution in [0.5, 0.6) is 0 Å². The molecule has 1 amide bonds. The number of nitrogens with one attached hydrogen (secondary N) is 1. The first-order valence-electron chi connectivity index (χ1n) is 8.81. The molecule has 0 bridgehead atoms. The summed E-state index contributed by atoms with van der Waals surface area (Å²) in [5, 5.41) is 7.47. The van der Waals surface area contributed by atoms with Crippen LogP contribution in [0.25, 0.3) is 5.69 Å². The summed E-state index contributed by atoms with van der Waals surface area (Å²) in [4.78, 5) is 13.1. The Balaban J connectivity index is 1.53. The fourth-order valence-corrected chi connectivity index (χ4v) is 3.85. The Morgan fingerprint density at radius 2 is 1.88 bits per heavy atom. The van der Waals surface area contributed by atoms with Crippen LogP contribution >= 0.6 is 15.9 Å². The molecular weight excluding hydrogens is 390 g/mol. The maximum absolute atomic E-state index is 13.1. The topological polar surface area (TPSA) is 46.9 Å². The summed E-state index contributed by atoms with van der Waals surface area (Å²) >= 11 is 3.47. The zero-order valence-electron chi connectivity index (χ0n) is 14.4. The van der Waals surface area contributed by atoms with Crippen LogP contribution in [0, 0.1) is 0 Å². The lowest BCUT2D eigenvalue weighted by molar-refractivity contribution is -0.130. The number of aromatic nitrogens is 2. The maximum atomic E-state index is 13.1. The van der Waals surface area contributed by atoms with E-state index in [1.807, 2.05) is 53.3 Å². The third-order valence-corrected chi connectivity index (χ3v) is 5.75. The molecule has 1 fully saturated rings. The van der Waals surface area contributed by atoms with E-state index in [2.05, 4.69) is 38.5 Å². The molecule has 1 heterocycles. The summed E-state index contributed by atoms with van der Waals surface area (Å²) in [7, 11) is 0. The van der Waals surface area contributed by atoms with Crippen molar-refractivity contribution < 1.29 is 4.79 Å². The van der Waals surface area contributed by atoms with E-state index in [0.29, 0.717) is 6.54 Å². The van der Waals surface area contributed by atoms with Crippen molar-refractivity contribution >= 4 is 21.8 Å². The van der Waals surface area contributed by atoms with Crippen molar-refractivity contribution in [3.63, 3.8) is 0 Å². The number of carbonyl (C=O) groups excluding carboxylic acids is 1. The predicted molar refractivity (Wildman–Crippen MR) is 105 cm³/mol. The van der Waals surface area contributed by atoms with E-state index in [-0.39, 0.29) is 11.3 Å². The number of hydrogen-bond acceptors (Lipinski definition) is 2. The second-order valence-electron chi connectivity index (χ2n) is 6.70. The van der Waals surface area contributed by atoms with Gasteiger partial charge in [-0.3, -0.25) is 4.79 Å². The Bertz CT molecular complexity index is 899. The van der Waals surface area contributed by atoms with E-state index in [9.17, 15) is 4.79 Å². The van der Waals surface area contributed by atoms with Gasteiger partial charge in [0.25, 0.3) is 0 Å². The molecule has 2 aromatic carbocycles. The van der Waals surface area contributed by atoms with Gasteiger partial charge in [0.2, 0.25) is 5.91 Å². The molecule has 3 aromatic rings. The quantitative estimate of drug-likeness (QED) is 0.679. The molecule has 0 atom stereocenters.